The first kappa shape index (κ1) is 12.3. The summed E-state index contributed by atoms with van der Waals surface area (Å²) in [6.07, 6.45) is 1.43. The van der Waals surface area contributed by atoms with Crippen LogP contribution in [0.1, 0.15) is 30.8 Å². The summed E-state index contributed by atoms with van der Waals surface area (Å²) in [6.45, 7) is 1.35. The maximum absolute atomic E-state index is 11.5. The van der Waals surface area contributed by atoms with Gasteiger partial charge in [-0.3, -0.25) is 4.57 Å². The van der Waals surface area contributed by atoms with Crippen LogP contribution in [0.2, 0.25) is 0 Å². The molecule has 100 valence electrons. The molecule has 1 aromatic rings. The van der Waals surface area contributed by atoms with Crippen LogP contribution in [-0.4, -0.2) is 43.0 Å². The molecule has 1 saturated heterocycles. The van der Waals surface area contributed by atoms with Crippen LogP contribution in [0.3, 0.4) is 0 Å². The summed E-state index contributed by atoms with van der Waals surface area (Å²) in [5.74, 6) is 0.483. The van der Waals surface area contributed by atoms with E-state index >= 15 is 0 Å². The van der Waals surface area contributed by atoms with Crippen LogP contribution in [0.4, 0.5) is 0 Å². The van der Waals surface area contributed by atoms with Gasteiger partial charge in [-0.25, -0.2) is 8.42 Å². The van der Waals surface area contributed by atoms with Crippen LogP contribution >= 0.6 is 10.7 Å². The number of hydrogen-bond donors (Lipinski definition) is 0. The normalized spacial score (nSPS) is 25.3. The average Bonchev–Trinajstić information content (AvgIpc) is 3.07. The van der Waals surface area contributed by atoms with Crippen molar-refractivity contribution in [2.75, 3.05) is 19.8 Å². The van der Waals surface area contributed by atoms with Crippen molar-refractivity contribution < 1.29 is 17.9 Å². The lowest BCUT2D eigenvalue weighted by atomic mass is 10.3. The van der Waals surface area contributed by atoms with Crippen LogP contribution in [0.5, 0.6) is 0 Å². The Bertz CT molecular complexity index is 548. The average molecular weight is 294 g/mol. The topological polar surface area (TPSA) is 83.3 Å². The standard InChI is InChI=1S/C9H12ClN3O4S/c10-18(14,15)9-12-11-8(13(9)6-1-2-6)7-5-16-3-4-17-7/h6-7H,1-5H2. The van der Waals surface area contributed by atoms with Gasteiger partial charge in [0.1, 0.15) is 6.10 Å². The third-order valence-corrected chi connectivity index (χ3v) is 4.05. The number of nitrogens with zero attached hydrogens (tertiary/aromatic N) is 3. The minimum absolute atomic E-state index is 0.101. The van der Waals surface area contributed by atoms with Gasteiger partial charge in [0.2, 0.25) is 0 Å². The monoisotopic (exact) mass is 293 g/mol. The van der Waals surface area contributed by atoms with E-state index in [9.17, 15) is 8.42 Å². The van der Waals surface area contributed by atoms with Gasteiger partial charge in [0.25, 0.3) is 14.2 Å². The summed E-state index contributed by atoms with van der Waals surface area (Å²) >= 11 is 0. The predicted octanol–water partition coefficient (Wildman–Crippen LogP) is 0.628. The Kier molecular flexibility index (Phi) is 3.05. The summed E-state index contributed by atoms with van der Waals surface area (Å²) in [7, 11) is 1.47. The maximum atomic E-state index is 11.5. The Morgan fingerprint density at radius 3 is 2.61 bits per heavy atom. The van der Waals surface area contributed by atoms with E-state index in [2.05, 4.69) is 10.2 Å². The van der Waals surface area contributed by atoms with Gasteiger partial charge in [-0.1, -0.05) is 0 Å². The second kappa shape index (κ2) is 4.44. The molecular formula is C9H12ClN3O4S. The van der Waals surface area contributed by atoms with Crippen LogP contribution in [0.25, 0.3) is 0 Å². The summed E-state index contributed by atoms with van der Waals surface area (Å²) in [5, 5.41) is 7.39. The molecule has 1 unspecified atom stereocenters. The van der Waals surface area contributed by atoms with Crippen molar-refractivity contribution >= 4 is 19.7 Å². The van der Waals surface area contributed by atoms with Crippen molar-refractivity contribution in [1.29, 1.82) is 0 Å². The number of halogens is 1. The van der Waals surface area contributed by atoms with E-state index in [0.717, 1.165) is 12.8 Å². The van der Waals surface area contributed by atoms with Gasteiger partial charge < -0.3 is 9.47 Å². The Labute approximate surface area is 108 Å². The van der Waals surface area contributed by atoms with Crippen molar-refractivity contribution in [2.24, 2.45) is 0 Å². The number of ether oxygens (including phenoxy) is 2. The summed E-state index contributed by atoms with van der Waals surface area (Å²) in [6, 6.07) is 0.101. The Balaban J connectivity index is 2.01. The number of hydrogen-bond acceptors (Lipinski definition) is 6. The van der Waals surface area contributed by atoms with Crippen LogP contribution < -0.4 is 0 Å². The summed E-state index contributed by atoms with van der Waals surface area (Å²) < 4.78 is 35.3. The molecule has 0 radical (unpaired) electrons. The van der Waals surface area contributed by atoms with E-state index < -0.39 is 9.05 Å². The fourth-order valence-corrected chi connectivity index (χ4v) is 2.92. The molecular weight excluding hydrogens is 282 g/mol. The first-order valence-corrected chi connectivity index (χ1v) is 7.97. The molecule has 2 heterocycles. The molecule has 1 saturated carbocycles. The van der Waals surface area contributed by atoms with Gasteiger partial charge in [0, 0.05) is 16.7 Å². The molecule has 0 N–H and O–H groups in total. The van der Waals surface area contributed by atoms with E-state index in [-0.39, 0.29) is 17.3 Å². The van der Waals surface area contributed by atoms with Gasteiger partial charge in [0.15, 0.2) is 5.82 Å². The highest BCUT2D eigenvalue weighted by Gasteiger charge is 2.36. The molecule has 2 aliphatic rings. The minimum Gasteiger partial charge on any atom is -0.376 e. The van der Waals surface area contributed by atoms with E-state index in [1.807, 2.05) is 0 Å². The molecule has 9 heteroatoms. The molecule has 1 aromatic heterocycles. The molecule has 7 nitrogen and oxygen atoms in total. The molecule has 3 rings (SSSR count). The lowest BCUT2D eigenvalue weighted by molar-refractivity contribution is -0.0949. The molecule has 1 aliphatic heterocycles. The second-order valence-corrected chi connectivity index (χ2v) is 6.77. The fraction of sp³-hybridized carbons (Fsp3) is 0.778. The molecule has 1 aliphatic carbocycles. The largest absolute Gasteiger partial charge is 0.376 e. The predicted molar refractivity (Wildman–Crippen MR) is 60.8 cm³/mol. The van der Waals surface area contributed by atoms with E-state index in [4.69, 9.17) is 20.2 Å². The fourth-order valence-electron chi connectivity index (χ4n) is 1.99. The second-order valence-electron chi connectivity index (χ2n) is 4.31. The van der Waals surface area contributed by atoms with Gasteiger partial charge in [-0.2, -0.15) is 0 Å². The third-order valence-electron chi connectivity index (χ3n) is 2.92. The molecule has 2 fully saturated rings. The van der Waals surface area contributed by atoms with Gasteiger partial charge >= 0.3 is 0 Å². The third kappa shape index (κ3) is 2.25. The quantitative estimate of drug-likeness (QED) is 0.760. The summed E-state index contributed by atoms with van der Waals surface area (Å²) in [5.41, 5.74) is 0. The highest BCUT2D eigenvalue weighted by Crippen LogP contribution is 2.39. The van der Waals surface area contributed by atoms with Crippen molar-refractivity contribution in [1.82, 2.24) is 14.8 Å². The van der Waals surface area contributed by atoms with E-state index in [1.54, 1.807) is 4.57 Å². The highest BCUT2D eigenvalue weighted by atomic mass is 35.7. The first-order chi connectivity index (χ1) is 8.57. The van der Waals surface area contributed by atoms with Crippen molar-refractivity contribution in [3.05, 3.63) is 5.82 Å². The van der Waals surface area contributed by atoms with Gasteiger partial charge in [-0.05, 0) is 12.8 Å². The number of rotatable bonds is 3. The Morgan fingerprint density at radius 2 is 2.06 bits per heavy atom. The molecule has 0 bridgehead atoms. The maximum Gasteiger partial charge on any atom is 0.296 e. The zero-order valence-electron chi connectivity index (χ0n) is 9.45. The zero-order valence-corrected chi connectivity index (χ0v) is 11.0. The van der Waals surface area contributed by atoms with Gasteiger partial charge in [-0.15, -0.1) is 10.2 Å². The summed E-state index contributed by atoms with van der Waals surface area (Å²) in [4.78, 5) is 0. The van der Waals surface area contributed by atoms with Gasteiger partial charge in [0.05, 0.1) is 19.8 Å². The van der Waals surface area contributed by atoms with Crippen LogP contribution in [0.15, 0.2) is 5.16 Å². The molecule has 0 amide bonds. The van der Waals surface area contributed by atoms with Crippen LogP contribution in [0, 0.1) is 0 Å². The van der Waals surface area contributed by atoms with E-state index in [0.29, 0.717) is 25.6 Å². The van der Waals surface area contributed by atoms with Crippen molar-refractivity contribution in [3.63, 3.8) is 0 Å². The van der Waals surface area contributed by atoms with Crippen LogP contribution in [-0.2, 0) is 18.5 Å². The van der Waals surface area contributed by atoms with Crippen molar-refractivity contribution in [3.8, 4) is 0 Å². The minimum atomic E-state index is -3.89. The molecule has 18 heavy (non-hydrogen) atoms. The lowest BCUT2D eigenvalue weighted by Crippen LogP contribution is -2.25. The van der Waals surface area contributed by atoms with Crippen molar-refractivity contribution in [2.45, 2.75) is 30.1 Å². The highest BCUT2D eigenvalue weighted by molar-refractivity contribution is 8.13. The smallest absolute Gasteiger partial charge is 0.296 e. The molecule has 0 spiro atoms. The molecule has 1 atom stereocenters. The van der Waals surface area contributed by atoms with E-state index in [1.165, 1.54) is 0 Å². The number of aromatic nitrogens is 3. The molecule has 0 aromatic carbocycles. The lowest BCUT2D eigenvalue weighted by Gasteiger charge is -2.22. The SMILES string of the molecule is O=S(=O)(Cl)c1nnc(C2COCCO2)n1C1CC1. The Hall–Kier alpha value is -0.700. The Morgan fingerprint density at radius 1 is 1.28 bits per heavy atom. The zero-order chi connectivity index (χ0) is 12.8. The first-order valence-electron chi connectivity index (χ1n) is 5.66.